The molecule has 2 rings (SSSR count). The van der Waals surface area contributed by atoms with Crippen LogP contribution >= 0.6 is 23.2 Å². The molecule has 0 aliphatic carbocycles. The van der Waals surface area contributed by atoms with Crippen LogP contribution in [0.4, 0.5) is 5.69 Å². The van der Waals surface area contributed by atoms with E-state index in [1.807, 2.05) is 0 Å². The number of hydrogen-bond acceptors (Lipinski definition) is 4. The van der Waals surface area contributed by atoms with Crippen LogP contribution in [0.5, 0.6) is 0 Å². The number of rotatable bonds is 4. The summed E-state index contributed by atoms with van der Waals surface area (Å²) in [6.07, 6.45) is 1.31. The number of nitrogens with one attached hydrogen (secondary N) is 1. The Morgan fingerprint density at radius 1 is 1.18 bits per heavy atom. The van der Waals surface area contributed by atoms with Gasteiger partial charge in [0, 0.05) is 23.3 Å². The summed E-state index contributed by atoms with van der Waals surface area (Å²) in [6, 6.07) is 10.3. The monoisotopic (exact) mass is 337 g/mol. The van der Waals surface area contributed by atoms with Gasteiger partial charge in [0.25, 0.3) is 11.6 Å². The average Bonchev–Trinajstić information content (AvgIpc) is 2.50. The first-order valence-electron chi connectivity index (χ1n) is 6.00. The molecule has 0 spiro atoms. The normalized spacial score (nSPS) is 10.6. The van der Waals surface area contributed by atoms with E-state index in [0.717, 1.165) is 0 Å². The first-order valence-corrected chi connectivity index (χ1v) is 6.76. The number of nitrogens with zero attached hydrogens (tertiary/aromatic N) is 2. The van der Waals surface area contributed by atoms with Gasteiger partial charge in [-0.3, -0.25) is 14.9 Å². The highest BCUT2D eigenvalue weighted by molar-refractivity contribution is 6.42. The van der Waals surface area contributed by atoms with Gasteiger partial charge in [0.15, 0.2) is 0 Å². The predicted molar refractivity (Wildman–Crippen MR) is 84.6 cm³/mol. The molecule has 0 aromatic heterocycles. The lowest BCUT2D eigenvalue weighted by Gasteiger charge is -2.01. The number of halogens is 2. The summed E-state index contributed by atoms with van der Waals surface area (Å²) in [5.41, 5.74) is 3.03. The molecule has 0 heterocycles. The van der Waals surface area contributed by atoms with E-state index in [2.05, 4.69) is 10.5 Å². The summed E-state index contributed by atoms with van der Waals surface area (Å²) in [5.74, 6) is -0.472. The van der Waals surface area contributed by atoms with E-state index in [4.69, 9.17) is 23.2 Å². The van der Waals surface area contributed by atoms with Gasteiger partial charge < -0.3 is 0 Å². The van der Waals surface area contributed by atoms with E-state index < -0.39 is 10.8 Å². The summed E-state index contributed by atoms with van der Waals surface area (Å²) in [5, 5.41) is 15.0. The van der Waals surface area contributed by atoms with Gasteiger partial charge in [-0.05, 0) is 18.2 Å². The smallest absolute Gasteiger partial charge is 0.267 e. The third kappa shape index (κ3) is 4.03. The zero-order valence-electron chi connectivity index (χ0n) is 11.0. The Kier molecular flexibility index (Phi) is 5.08. The maximum atomic E-state index is 11.8. The summed E-state index contributed by atoms with van der Waals surface area (Å²) in [6.45, 7) is 0. The summed E-state index contributed by atoms with van der Waals surface area (Å²) < 4.78 is 0. The standard InChI is InChI=1S/C14H9Cl2N3O3/c15-12-5-4-10(7-13(12)16)14(20)18-17-8-9-2-1-3-11(6-9)19(21)22/h1-8H,(H,18,20)/b17-8+. The molecule has 0 aliphatic heterocycles. The minimum atomic E-state index is -0.508. The van der Waals surface area contributed by atoms with Gasteiger partial charge in [0.2, 0.25) is 0 Å². The van der Waals surface area contributed by atoms with Crippen LogP contribution in [0.1, 0.15) is 15.9 Å². The molecule has 2 aromatic carbocycles. The minimum absolute atomic E-state index is 0.0558. The van der Waals surface area contributed by atoms with Gasteiger partial charge >= 0.3 is 0 Å². The molecule has 0 saturated carbocycles. The maximum absolute atomic E-state index is 11.8. The molecule has 2 aromatic rings. The lowest BCUT2D eigenvalue weighted by Crippen LogP contribution is -2.17. The van der Waals surface area contributed by atoms with Crippen LogP contribution in [0.2, 0.25) is 10.0 Å². The first-order chi connectivity index (χ1) is 10.5. The van der Waals surface area contributed by atoms with Crippen LogP contribution in [0, 0.1) is 10.1 Å². The zero-order chi connectivity index (χ0) is 16.1. The molecule has 0 bridgehead atoms. The fourth-order valence-corrected chi connectivity index (χ4v) is 1.88. The van der Waals surface area contributed by atoms with Crippen molar-refractivity contribution < 1.29 is 9.72 Å². The summed E-state index contributed by atoms with van der Waals surface area (Å²) in [4.78, 5) is 22.0. The van der Waals surface area contributed by atoms with Crippen molar-refractivity contribution in [3.05, 3.63) is 73.8 Å². The highest BCUT2D eigenvalue weighted by atomic mass is 35.5. The average molecular weight is 338 g/mol. The molecule has 0 aliphatic rings. The fourth-order valence-electron chi connectivity index (χ4n) is 1.59. The van der Waals surface area contributed by atoms with E-state index in [-0.39, 0.29) is 10.7 Å². The van der Waals surface area contributed by atoms with E-state index in [0.29, 0.717) is 16.1 Å². The largest absolute Gasteiger partial charge is 0.271 e. The number of non-ortho nitro benzene ring substituents is 1. The van der Waals surface area contributed by atoms with Gasteiger partial charge in [-0.1, -0.05) is 35.3 Å². The van der Waals surface area contributed by atoms with Gasteiger partial charge in [-0.25, -0.2) is 5.43 Å². The summed E-state index contributed by atoms with van der Waals surface area (Å²) >= 11 is 11.6. The van der Waals surface area contributed by atoms with Crippen molar-refractivity contribution in [3.63, 3.8) is 0 Å². The Labute approximate surface area is 135 Å². The lowest BCUT2D eigenvalue weighted by molar-refractivity contribution is -0.384. The van der Waals surface area contributed by atoms with E-state index in [1.165, 1.54) is 42.6 Å². The zero-order valence-corrected chi connectivity index (χ0v) is 12.5. The van der Waals surface area contributed by atoms with Crippen molar-refractivity contribution in [3.8, 4) is 0 Å². The van der Waals surface area contributed by atoms with Crippen molar-refractivity contribution in [1.29, 1.82) is 0 Å². The molecule has 22 heavy (non-hydrogen) atoms. The Morgan fingerprint density at radius 2 is 1.95 bits per heavy atom. The Hall–Kier alpha value is -2.44. The molecular weight excluding hydrogens is 329 g/mol. The maximum Gasteiger partial charge on any atom is 0.271 e. The number of carbonyl (C=O) groups excluding carboxylic acids is 1. The van der Waals surface area contributed by atoms with E-state index in [1.54, 1.807) is 6.07 Å². The minimum Gasteiger partial charge on any atom is -0.267 e. The summed E-state index contributed by atoms with van der Waals surface area (Å²) in [7, 11) is 0. The third-order valence-corrected chi connectivity index (χ3v) is 3.38. The quantitative estimate of drug-likeness (QED) is 0.524. The SMILES string of the molecule is O=C(N/N=C/c1cccc([N+](=O)[O-])c1)c1ccc(Cl)c(Cl)c1. The second kappa shape index (κ2) is 7.02. The molecular formula is C14H9Cl2N3O3. The Balaban J connectivity index is 2.05. The van der Waals surface area contributed by atoms with Gasteiger partial charge in [-0.2, -0.15) is 5.10 Å². The number of benzene rings is 2. The van der Waals surface area contributed by atoms with Crippen molar-refractivity contribution in [2.45, 2.75) is 0 Å². The second-order valence-electron chi connectivity index (χ2n) is 4.18. The molecule has 0 atom stereocenters. The van der Waals surface area contributed by atoms with Crippen LogP contribution in [-0.2, 0) is 0 Å². The molecule has 112 valence electrons. The molecule has 8 heteroatoms. The van der Waals surface area contributed by atoms with Crippen LogP contribution in [0.3, 0.4) is 0 Å². The topological polar surface area (TPSA) is 84.6 Å². The second-order valence-corrected chi connectivity index (χ2v) is 4.99. The molecule has 0 unspecified atom stereocenters. The van der Waals surface area contributed by atoms with Crippen LogP contribution in [0.15, 0.2) is 47.6 Å². The van der Waals surface area contributed by atoms with Crippen molar-refractivity contribution >= 4 is 41.0 Å². The number of nitro groups is 1. The number of nitro benzene ring substituents is 1. The van der Waals surface area contributed by atoms with Crippen LogP contribution < -0.4 is 5.43 Å². The molecule has 1 N–H and O–H groups in total. The van der Waals surface area contributed by atoms with Crippen molar-refractivity contribution in [1.82, 2.24) is 5.43 Å². The number of carbonyl (C=O) groups is 1. The number of amides is 1. The Morgan fingerprint density at radius 3 is 2.64 bits per heavy atom. The Bertz CT molecular complexity index is 763. The lowest BCUT2D eigenvalue weighted by atomic mass is 10.2. The van der Waals surface area contributed by atoms with Gasteiger partial charge in [0.1, 0.15) is 0 Å². The van der Waals surface area contributed by atoms with Crippen LogP contribution in [0.25, 0.3) is 0 Å². The van der Waals surface area contributed by atoms with Crippen molar-refractivity contribution in [2.75, 3.05) is 0 Å². The molecule has 6 nitrogen and oxygen atoms in total. The van der Waals surface area contributed by atoms with E-state index >= 15 is 0 Å². The highest BCUT2D eigenvalue weighted by Crippen LogP contribution is 2.22. The predicted octanol–water partition coefficient (Wildman–Crippen LogP) is 3.67. The van der Waals surface area contributed by atoms with Crippen molar-refractivity contribution in [2.24, 2.45) is 5.10 Å². The van der Waals surface area contributed by atoms with E-state index in [9.17, 15) is 14.9 Å². The van der Waals surface area contributed by atoms with Crippen LogP contribution in [-0.4, -0.2) is 17.0 Å². The molecule has 0 saturated heterocycles. The highest BCUT2D eigenvalue weighted by Gasteiger charge is 2.07. The van der Waals surface area contributed by atoms with Gasteiger partial charge in [0.05, 0.1) is 21.2 Å². The molecule has 1 amide bonds. The molecule has 0 fully saturated rings. The third-order valence-electron chi connectivity index (χ3n) is 2.64. The first kappa shape index (κ1) is 15.9. The fraction of sp³-hybridized carbons (Fsp3) is 0. The number of hydrogen-bond donors (Lipinski definition) is 1. The molecule has 0 radical (unpaired) electrons. The van der Waals surface area contributed by atoms with Gasteiger partial charge in [-0.15, -0.1) is 0 Å². The number of hydrazone groups is 1.